The lowest BCUT2D eigenvalue weighted by Gasteiger charge is -2.56. The summed E-state index contributed by atoms with van der Waals surface area (Å²) in [7, 11) is 0. The Kier molecular flexibility index (Phi) is 9.79. The number of fused-ring (bicyclic) bond motifs is 2. The topological polar surface area (TPSA) is 178 Å². The van der Waals surface area contributed by atoms with Gasteiger partial charge in [0.15, 0.2) is 11.7 Å². The first-order chi connectivity index (χ1) is 19.8. The minimum atomic E-state index is -2.27. The van der Waals surface area contributed by atoms with Crippen molar-refractivity contribution in [1.82, 2.24) is 0 Å². The van der Waals surface area contributed by atoms with Crippen molar-refractivity contribution >= 4 is 35.8 Å². The van der Waals surface area contributed by atoms with Gasteiger partial charge in [0.2, 0.25) is 0 Å². The van der Waals surface area contributed by atoms with Gasteiger partial charge in [0.25, 0.3) is 0 Å². The van der Waals surface area contributed by atoms with Gasteiger partial charge >= 0.3 is 35.8 Å². The Morgan fingerprint density at radius 1 is 0.837 bits per heavy atom. The number of hydrogen-bond donors (Lipinski definition) is 1. The third-order valence-corrected chi connectivity index (χ3v) is 8.68. The number of esters is 6. The third-order valence-electron chi connectivity index (χ3n) is 8.68. The molecule has 1 saturated carbocycles. The van der Waals surface area contributed by atoms with Crippen molar-refractivity contribution < 1.29 is 62.3 Å². The number of aliphatic hydroxyl groups is 1. The molecule has 0 radical (unpaired) electrons. The molecule has 13 nitrogen and oxygen atoms in total. The predicted molar refractivity (Wildman–Crippen MR) is 145 cm³/mol. The molecular formula is C30H40O13. The molecule has 10 unspecified atom stereocenters. The Morgan fingerprint density at radius 2 is 1.28 bits per heavy atom. The summed E-state index contributed by atoms with van der Waals surface area (Å²) in [4.78, 5) is 75.1. The van der Waals surface area contributed by atoms with E-state index in [2.05, 4.69) is 6.58 Å². The lowest BCUT2D eigenvalue weighted by molar-refractivity contribution is -0.228. The fourth-order valence-electron chi connectivity index (χ4n) is 6.67. The van der Waals surface area contributed by atoms with E-state index in [1.165, 1.54) is 33.8 Å². The maximum Gasteiger partial charge on any atom is 0.312 e. The fraction of sp³-hybridized carbons (Fsp3) is 0.667. The van der Waals surface area contributed by atoms with Crippen LogP contribution in [-0.4, -0.2) is 83.1 Å². The highest BCUT2D eigenvalue weighted by atomic mass is 16.6. The summed E-state index contributed by atoms with van der Waals surface area (Å²) in [5.41, 5.74) is -3.35. The molecule has 1 aliphatic heterocycles. The van der Waals surface area contributed by atoms with Crippen molar-refractivity contribution in [2.24, 2.45) is 17.3 Å². The second-order valence-electron chi connectivity index (χ2n) is 11.7. The molecule has 1 N–H and O–H groups in total. The molecule has 0 amide bonds. The zero-order valence-electron chi connectivity index (χ0n) is 25.7. The second-order valence-corrected chi connectivity index (χ2v) is 11.7. The molecule has 0 aromatic heterocycles. The first kappa shape index (κ1) is 33.8. The average Bonchev–Trinajstić information content (AvgIpc) is 3.07. The van der Waals surface area contributed by atoms with Crippen LogP contribution in [0.1, 0.15) is 68.2 Å². The minimum absolute atomic E-state index is 0.130. The van der Waals surface area contributed by atoms with Gasteiger partial charge in [-0.1, -0.05) is 13.5 Å². The van der Waals surface area contributed by atoms with Crippen LogP contribution in [0.2, 0.25) is 0 Å². The van der Waals surface area contributed by atoms with Gasteiger partial charge in [-0.15, -0.1) is 0 Å². The molecule has 2 fully saturated rings. The number of carbonyl (C=O) groups is 6. The zero-order chi connectivity index (χ0) is 32.6. The normalized spacial score (nSPS) is 37.4. The first-order valence-electron chi connectivity index (χ1n) is 14.0. The average molecular weight is 609 g/mol. The highest BCUT2D eigenvalue weighted by Crippen LogP contribution is 2.56. The van der Waals surface area contributed by atoms with E-state index in [0.29, 0.717) is 5.57 Å². The van der Waals surface area contributed by atoms with Crippen LogP contribution >= 0.6 is 0 Å². The molecule has 0 bridgehead atoms. The Labute approximate surface area is 249 Å². The van der Waals surface area contributed by atoms with Gasteiger partial charge in [-0.3, -0.25) is 28.8 Å². The van der Waals surface area contributed by atoms with Crippen LogP contribution in [-0.2, 0) is 57.2 Å². The van der Waals surface area contributed by atoms with Gasteiger partial charge in [-0.2, -0.15) is 0 Å². The van der Waals surface area contributed by atoms with Crippen molar-refractivity contribution in [2.75, 3.05) is 0 Å². The number of ether oxygens (including phenoxy) is 6. The minimum Gasteiger partial charge on any atom is -0.462 e. The van der Waals surface area contributed by atoms with E-state index in [1.807, 2.05) is 0 Å². The van der Waals surface area contributed by atoms with Gasteiger partial charge in [-0.05, 0) is 31.1 Å². The molecule has 0 spiro atoms. The number of hydrogen-bond acceptors (Lipinski definition) is 13. The summed E-state index contributed by atoms with van der Waals surface area (Å²) in [6.07, 6.45) is -6.50. The van der Waals surface area contributed by atoms with E-state index in [0.717, 1.165) is 13.8 Å². The molecule has 0 aromatic rings. The largest absolute Gasteiger partial charge is 0.462 e. The van der Waals surface area contributed by atoms with E-state index < -0.39 is 95.3 Å². The molecule has 0 aromatic carbocycles. The molecule has 43 heavy (non-hydrogen) atoms. The van der Waals surface area contributed by atoms with Crippen molar-refractivity contribution in [3.63, 3.8) is 0 Å². The highest BCUT2D eigenvalue weighted by Gasteiger charge is 2.69. The standard InChI is InChI=1S/C30H40O13/c1-13-10-25-30(37,15(3)28(36)43-25)27(42-20(8)35)26-14(2)22(39-17(5)32)12-24(41-19(7)34)29(26,9)23(40-18(6)33)11-21(13)38-16(4)31/h10,15,21-27,37H,2,11-12H2,1,3-9H3. The Hall–Kier alpha value is -3.74. The van der Waals surface area contributed by atoms with Gasteiger partial charge < -0.3 is 33.5 Å². The first-order valence-corrected chi connectivity index (χ1v) is 14.0. The Balaban J connectivity index is 2.48. The highest BCUT2D eigenvalue weighted by molar-refractivity contribution is 5.78. The van der Waals surface area contributed by atoms with Crippen LogP contribution in [0.3, 0.4) is 0 Å². The molecule has 10 atom stereocenters. The summed E-state index contributed by atoms with van der Waals surface area (Å²) in [5.74, 6) is -6.99. The van der Waals surface area contributed by atoms with E-state index >= 15 is 0 Å². The zero-order valence-corrected chi connectivity index (χ0v) is 25.7. The van der Waals surface area contributed by atoms with Crippen molar-refractivity contribution in [3.05, 3.63) is 23.8 Å². The van der Waals surface area contributed by atoms with Crippen molar-refractivity contribution in [3.8, 4) is 0 Å². The molecule has 1 heterocycles. The third kappa shape index (κ3) is 6.46. The lowest BCUT2D eigenvalue weighted by atomic mass is 9.54. The quantitative estimate of drug-likeness (QED) is 0.272. The summed E-state index contributed by atoms with van der Waals surface area (Å²) < 4.78 is 34.2. The molecule has 2 aliphatic carbocycles. The monoisotopic (exact) mass is 608 g/mol. The van der Waals surface area contributed by atoms with E-state index in [9.17, 15) is 33.9 Å². The van der Waals surface area contributed by atoms with Crippen molar-refractivity contribution in [2.45, 2.75) is 110 Å². The number of carbonyl (C=O) groups excluding carboxylic acids is 6. The Morgan fingerprint density at radius 3 is 1.74 bits per heavy atom. The van der Waals surface area contributed by atoms with E-state index in [1.54, 1.807) is 13.8 Å². The van der Waals surface area contributed by atoms with Crippen LogP contribution < -0.4 is 0 Å². The maximum absolute atomic E-state index is 13.0. The van der Waals surface area contributed by atoms with E-state index in [-0.39, 0.29) is 18.4 Å². The predicted octanol–water partition coefficient (Wildman–Crippen LogP) is 1.87. The summed E-state index contributed by atoms with van der Waals surface area (Å²) in [6.45, 7) is 14.6. The molecular weight excluding hydrogens is 568 g/mol. The molecule has 1 saturated heterocycles. The fourth-order valence-corrected chi connectivity index (χ4v) is 6.67. The summed E-state index contributed by atoms with van der Waals surface area (Å²) in [6, 6.07) is 0. The van der Waals surface area contributed by atoms with Crippen LogP contribution in [0.15, 0.2) is 23.8 Å². The number of rotatable bonds is 5. The Bertz CT molecular complexity index is 1240. The van der Waals surface area contributed by atoms with E-state index in [4.69, 9.17) is 28.4 Å². The summed E-state index contributed by atoms with van der Waals surface area (Å²) >= 11 is 0. The molecule has 3 rings (SSSR count). The van der Waals surface area contributed by atoms with Crippen LogP contribution in [0.25, 0.3) is 0 Å². The molecule has 3 aliphatic rings. The second kappa shape index (κ2) is 12.5. The van der Waals surface area contributed by atoms with Crippen LogP contribution in [0.5, 0.6) is 0 Å². The van der Waals surface area contributed by atoms with Crippen LogP contribution in [0, 0.1) is 17.3 Å². The van der Waals surface area contributed by atoms with Crippen LogP contribution in [0.4, 0.5) is 0 Å². The maximum atomic E-state index is 13.0. The van der Waals surface area contributed by atoms with Crippen molar-refractivity contribution in [1.29, 1.82) is 0 Å². The van der Waals surface area contributed by atoms with Gasteiger partial charge in [-0.25, -0.2) is 0 Å². The molecule has 13 heteroatoms. The summed E-state index contributed by atoms with van der Waals surface area (Å²) in [5, 5.41) is 12.5. The van der Waals surface area contributed by atoms with Gasteiger partial charge in [0.05, 0.1) is 11.3 Å². The lowest BCUT2D eigenvalue weighted by Crippen LogP contribution is -2.67. The van der Waals surface area contributed by atoms with Gasteiger partial charge in [0.1, 0.15) is 30.5 Å². The van der Waals surface area contributed by atoms with Gasteiger partial charge in [0, 0.05) is 53.4 Å². The molecule has 238 valence electrons. The smallest absolute Gasteiger partial charge is 0.312 e. The SMILES string of the molecule is C=C1C(OC(C)=O)CC(OC(C)=O)C2(C)C(OC(C)=O)CC(OC(C)=O)C(C)=CC3OC(=O)C(C)C3(O)C(OC(C)=O)C12.